The number of rotatable bonds is 2. The van der Waals surface area contributed by atoms with E-state index >= 15 is 0 Å². The van der Waals surface area contributed by atoms with Crippen molar-refractivity contribution in [2.24, 2.45) is 4.99 Å². The van der Waals surface area contributed by atoms with Crippen LogP contribution in [-0.2, 0) is 0 Å². The first-order valence-electron chi connectivity index (χ1n) is 3.96. The summed E-state index contributed by atoms with van der Waals surface area (Å²) in [5.41, 5.74) is 0.518. The fraction of sp³-hybridized carbons (Fsp3) is 0.222. The summed E-state index contributed by atoms with van der Waals surface area (Å²) >= 11 is 3.18. The van der Waals surface area contributed by atoms with Crippen molar-refractivity contribution in [1.82, 2.24) is 9.88 Å². The lowest BCUT2D eigenvalue weighted by atomic mass is 10.3. The summed E-state index contributed by atoms with van der Waals surface area (Å²) in [6.07, 6.45) is 3.03. The third kappa shape index (κ3) is 3.26. The van der Waals surface area contributed by atoms with Crippen LogP contribution in [0.4, 0.5) is 0 Å². The Morgan fingerprint density at radius 1 is 1.64 bits per heavy atom. The van der Waals surface area contributed by atoms with E-state index < -0.39 is 0 Å². The van der Waals surface area contributed by atoms with E-state index in [1.54, 1.807) is 37.3 Å². The average molecular weight is 256 g/mol. The highest BCUT2D eigenvalue weighted by molar-refractivity contribution is 9.10. The summed E-state index contributed by atoms with van der Waals surface area (Å²) < 4.78 is 0.628. The second-order valence-corrected chi connectivity index (χ2v) is 3.69. The predicted molar refractivity (Wildman–Crippen MR) is 58.4 cm³/mol. The SMILES string of the molecule is CN(C)/C=N/C(=O)c1ccnc(Br)c1. The van der Waals surface area contributed by atoms with Crippen LogP contribution in [0.15, 0.2) is 27.9 Å². The largest absolute Gasteiger partial charge is 0.369 e. The maximum Gasteiger partial charge on any atom is 0.278 e. The quantitative estimate of drug-likeness (QED) is 0.458. The number of carbonyl (C=O) groups is 1. The third-order valence-electron chi connectivity index (χ3n) is 1.38. The Morgan fingerprint density at radius 2 is 2.36 bits per heavy atom. The Bertz CT molecular complexity index is 363. The summed E-state index contributed by atoms with van der Waals surface area (Å²) in [6, 6.07) is 3.26. The van der Waals surface area contributed by atoms with E-state index in [-0.39, 0.29) is 5.91 Å². The van der Waals surface area contributed by atoms with E-state index in [1.807, 2.05) is 0 Å². The van der Waals surface area contributed by atoms with Gasteiger partial charge in [0.05, 0.1) is 6.34 Å². The highest BCUT2D eigenvalue weighted by Crippen LogP contribution is 2.08. The third-order valence-corrected chi connectivity index (χ3v) is 1.81. The predicted octanol–water partition coefficient (Wildman–Crippen LogP) is 1.57. The van der Waals surface area contributed by atoms with E-state index in [4.69, 9.17) is 0 Å². The molecule has 0 N–H and O–H groups in total. The number of pyridine rings is 1. The van der Waals surface area contributed by atoms with Gasteiger partial charge in [-0.15, -0.1) is 0 Å². The van der Waals surface area contributed by atoms with Gasteiger partial charge in [-0.25, -0.2) is 4.98 Å². The summed E-state index contributed by atoms with van der Waals surface area (Å²) in [5.74, 6) is -0.276. The van der Waals surface area contributed by atoms with Crippen LogP contribution in [0.5, 0.6) is 0 Å². The zero-order chi connectivity index (χ0) is 10.6. The zero-order valence-electron chi connectivity index (χ0n) is 7.94. The van der Waals surface area contributed by atoms with Crippen molar-refractivity contribution in [3.05, 3.63) is 28.5 Å². The highest BCUT2D eigenvalue weighted by Gasteiger charge is 2.03. The summed E-state index contributed by atoms with van der Waals surface area (Å²) in [6.45, 7) is 0. The monoisotopic (exact) mass is 255 g/mol. The summed E-state index contributed by atoms with van der Waals surface area (Å²) in [5, 5.41) is 0. The standard InChI is InChI=1S/C9H10BrN3O/c1-13(2)6-12-9(14)7-3-4-11-8(10)5-7/h3-6H,1-2H3/b12-6+. The summed E-state index contributed by atoms with van der Waals surface area (Å²) in [7, 11) is 3.61. The molecule has 1 aromatic rings. The Labute approximate surface area is 90.8 Å². The van der Waals surface area contributed by atoms with Crippen LogP contribution in [0.2, 0.25) is 0 Å². The van der Waals surface area contributed by atoms with Gasteiger partial charge in [-0.05, 0) is 28.1 Å². The molecule has 1 rings (SSSR count). The van der Waals surface area contributed by atoms with Gasteiger partial charge < -0.3 is 4.90 Å². The number of hydrogen-bond acceptors (Lipinski definition) is 2. The molecule has 0 atom stereocenters. The van der Waals surface area contributed by atoms with Gasteiger partial charge in [0.2, 0.25) is 0 Å². The molecule has 1 amide bonds. The molecule has 1 heterocycles. The van der Waals surface area contributed by atoms with Gasteiger partial charge in [0.25, 0.3) is 5.91 Å². The highest BCUT2D eigenvalue weighted by atomic mass is 79.9. The first-order valence-corrected chi connectivity index (χ1v) is 4.75. The number of aliphatic imine (C=N–C) groups is 1. The maximum absolute atomic E-state index is 11.4. The van der Waals surface area contributed by atoms with E-state index in [1.165, 1.54) is 6.34 Å². The molecular formula is C9H10BrN3O. The Kier molecular flexibility index (Phi) is 3.76. The van der Waals surface area contributed by atoms with Gasteiger partial charge in [0, 0.05) is 25.9 Å². The number of aromatic nitrogens is 1. The van der Waals surface area contributed by atoms with Crippen LogP contribution in [0.1, 0.15) is 10.4 Å². The van der Waals surface area contributed by atoms with Crippen LogP contribution in [-0.4, -0.2) is 36.2 Å². The van der Waals surface area contributed by atoms with Crippen molar-refractivity contribution >= 4 is 28.2 Å². The number of carbonyl (C=O) groups excluding carboxylic acids is 1. The minimum atomic E-state index is -0.276. The van der Waals surface area contributed by atoms with Gasteiger partial charge in [-0.2, -0.15) is 4.99 Å². The molecule has 0 saturated carbocycles. The molecule has 0 spiro atoms. The van der Waals surface area contributed by atoms with Crippen molar-refractivity contribution in [2.75, 3.05) is 14.1 Å². The minimum Gasteiger partial charge on any atom is -0.369 e. The first kappa shape index (κ1) is 10.8. The van der Waals surface area contributed by atoms with E-state index in [0.29, 0.717) is 10.2 Å². The Morgan fingerprint density at radius 3 is 2.93 bits per heavy atom. The fourth-order valence-electron chi connectivity index (χ4n) is 0.778. The van der Waals surface area contributed by atoms with Gasteiger partial charge in [-0.3, -0.25) is 4.79 Å². The molecule has 74 valence electrons. The average Bonchev–Trinajstić information content (AvgIpc) is 2.14. The Hall–Kier alpha value is -1.23. The fourth-order valence-corrected chi connectivity index (χ4v) is 1.14. The zero-order valence-corrected chi connectivity index (χ0v) is 9.52. The molecule has 14 heavy (non-hydrogen) atoms. The normalized spacial score (nSPS) is 10.5. The van der Waals surface area contributed by atoms with Crippen LogP contribution in [0, 0.1) is 0 Å². The molecule has 0 aromatic carbocycles. The molecule has 5 heteroatoms. The maximum atomic E-state index is 11.4. The molecule has 0 aliphatic rings. The molecule has 4 nitrogen and oxygen atoms in total. The molecule has 0 unspecified atom stereocenters. The number of nitrogens with zero attached hydrogens (tertiary/aromatic N) is 3. The summed E-state index contributed by atoms with van der Waals surface area (Å²) in [4.78, 5) is 20.8. The van der Waals surface area contributed by atoms with E-state index in [9.17, 15) is 4.79 Å². The van der Waals surface area contributed by atoms with Gasteiger partial charge in [0.15, 0.2) is 0 Å². The molecule has 0 radical (unpaired) electrons. The molecule has 0 saturated heterocycles. The number of hydrogen-bond donors (Lipinski definition) is 0. The van der Waals surface area contributed by atoms with Crippen molar-refractivity contribution in [3.63, 3.8) is 0 Å². The molecule has 1 aromatic heterocycles. The lowest BCUT2D eigenvalue weighted by Gasteiger charge is -2.01. The van der Waals surface area contributed by atoms with Crippen LogP contribution >= 0.6 is 15.9 Å². The van der Waals surface area contributed by atoms with Gasteiger partial charge >= 0.3 is 0 Å². The Balaban J connectivity index is 2.80. The second kappa shape index (κ2) is 4.85. The van der Waals surface area contributed by atoms with Gasteiger partial charge in [0.1, 0.15) is 4.60 Å². The van der Waals surface area contributed by atoms with Crippen molar-refractivity contribution in [3.8, 4) is 0 Å². The van der Waals surface area contributed by atoms with E-state index in [2.05, 4.69) is 25.9 Å². The molecule has 0 aliphatic carbocycles. The molecule has 0 aliphatic heterocycles. The van der Waals surface area contributed by atoms with Crippen molar-refractivity contribution in [2.45, 2.75) is 0 Å². The van der Waals surface area contributed by atoms with Gasteiger partial charge in [-0.1, -0.05) is 0 Å². The number of amides is 1. The minimum absolute atomic E-state index is 0.276. The lowest BCUT2D eigenvalue weighted by Crippen LogP contribution is -2.09. The van der Waals surface area contributed by atoms with Crippen molar-refractivity contribution in [1.29, 1.82) is 0 Å². The van der Waals surface area contributed by atoms with Crippen LogP contribution in [0.25, 0.3) is 0 Å². The molecular weight excluding hydrogens is 246 g/mol. The van der Waals surface area contributed by atoms with Crippen LogP contribution in [0.3, 0.4) is 0 Å². The molecule has 0 fully saturated rings. The lowest BCUT2D eigenvalue weighted by molar-refractivity contribution is 0.100. The van der Waals surface area contributed by atoms with E-state index in [0.717, 1.165) is 0 Å². The van der Waals surface area contributed by atoms with Crippen molar-refractivity contribution < 1.29 is 4.79 Å². The topological polar surface area (TPSA) is 45.6 Å². The van der Waals surface area contributed by atoms with Crippen LogP contribution < -0.4 is 0 Å². The smallest absolute Gasteiger partial charge is 0.278 e. The molecule has 0 bridgehead atoms. The first-order chi connectivity index (χ1) is 6.59. The number of halogens is 1. The second-order valence-electron chi connectivity index (χ2n) is 2.88.